The quantitative estimate of drug-likeness (QED) is 0.385. The zero-order valence-corrected chi connectivity index (χ0v) is 26.1. The first kappa shape index (κ1) is 33.6. The highest BCUT2D eigenvalue weighted by atomic mass is 16.5. The van der Waals surface area contributed by atoms with Gasteiger partial charge in [-0.05, 0) is 69.9 Å². The first-order valence-electron chi connectivity index (χ1n) is 15.1. The third-order valence-corrected chi connectivity index (χ3v) is 7.48. The number of carbonyl (C=O) groups excluding carboxylic acids is 4. The molecule has 10 nitrogen and oxygen atoms in total. The van der Waals surface area contributed by atoms with Gasteiger partial charge in [0.25, 0.3) is 5.91 Å². The molecular formula is C33H47N5O5. The maximum atomic E-state index is 13.9. The van der Waals surface area contributed by atoms with E-state index in [4.69, 9.17) is 4.74 Å². The molecule has 0 aromatic heterocycles. The van der Waals surface area contributed by atoms with E-state index >= 15 is 0 Å². The molecule has 1 aliphatic heterocycles. The van der Waals surface area contributed by atoms with Gasteiger partial charge in [0.1, 0.15) is 24.4 Å². The van der Waals surface area contributed by atoms with Crippen molar-refractivity contribution < 1.29 is 23.9 Å². The van der Waals surface area contributed by atoms with E-state index < -0.39 is 18.0 Å². The minimum absolute atomic E-state index is 0.0345. The lowest BCUT2D eigenvalue weighted by molar-refractivity contribution is -0.138. The first-order chi connectivity index (χ1) is 20.5. The number of nitrogens with one attached hydrogen (secondary N) is 3. The molecular weight excluding hydrogens is 546 g/mol. The normalized spacial score (nSPS) is 20.4. The summed E-state index contributed by atoms with van der Waals surface area (Å²) in [6.07, 6.45) is 1.77. The molecule has 3 N–H and O–H groups in total. The molecule has 2 aromatic carbocycles. The van der Waals surface area contributed by atoms with Gasteiger partial charge in [-0.25, -0.2) is 0 Å². The molecule has 1 aliphatic rings. The van der Waals surface area contributed by atoms with E-state index in [0.717, 1.165) is 18.5 Å². The van der Waals surface area contributed by atoms with Crippen LogP contribution in [0.3, 0.4) is 0 Å². The smallest absolute Gasteiger partial charge is 0.255 e. The summed E-state index contributed by atoms with van der Waals surface area (Å²) in [5.41, 5.74) is 1.31. The lowest BCUT2D eigenvalue weighted by Gasteiger charge is -2.32. The Bertz CT molecular complexity index is 1220. The van der Waals surface area contributed by atoms with Gasteiger partial charge in [-0.1, -0.05) is 56.3 Å². The lowest BCUT2D eigenvalue weighted by atomic mass is 10.00. The molecule has 0 fully saturated rings. The molecule has 0 saturated heterocycles. The Kier molecular flexibility index (Phi) is 13.0. The summed E-state index contributed by atoms with van der Waals surface area (Å²) in [5, 5.41) is 8.62. The zero-order chi connectivity index (χ0) is 31.4. The van der Waals surface area contributed by atoms with Crippen LogP contribution in [-0.4, -0.2) is 92.4 Å². The molecule has 0 spiro atoms. The molecule has 43 heavy (non-hydrogen) atoms. The second kappa shape index (κ2) is 16.6. The van der Waals surface area contributed by atoms with Crippen LogP contribution in [0.1, 0.15) is 55.5 Å². The molecule has 234 valence electrons. The van der Waals surface area contributed by atoms with Crippen LogP contribution in [-0.2, 0) is 20.8 Å². The predicted octanol–water partition coefficient (Wildman–Crippen LogP) is 2.63. The summed E-state index contributed by atoms with van der Waals surface area (Å²) >= 11 is 0. The van der Waals surface area contributed by atoms with Gasteiger partial charge >= 0.3 is 0 Å². The molecule has 3 atom stereocenters. The van der Waals surface area contributed by atoms with Gasteiger partial charge < -0.3 is 30.5 Å². The van der Waals surface area contributed by atoms with Crippen LogP contribution in [0.25, 0.3) is 0 Å². The molecule has 0 unspecified atom stereocenters. The second-order valence-electron chi connectivity index (χ2n) is 11.9. The van der Waals surface area contributed by atoms with Gasteiger partial charge in [0.2, 0.25) is 17.7 Å². The summed E-state index contributed by atoms with van der Waals surface area (Å²) < 4.78 is 6.23. The van der Waals surface area contributed by atoms with Crippen molar-refractivity contribution in [2.45, 2.75) is 64.1 Å². The van der Waals surface area contributed by atoms with Crippen molar-refractivity contribution in [1.29, 1.82) is 0 Å². The van der Waals surface area contributed by atoms with Crippen LogP contribution >= 0.6 is 0 Å². The number of para-hydroxylation sites is 1. The SMILES string of the molecule is CC(C)C[C@@H]1NC(=O)CC[C@@H](C(=O)NCCCN(C)C)NC(=O)c2ccccc2OC[C@@H](Cc2ccccc2)N(C)C1=O. The monoisotopic (exact) mass is 593 g/mol. The summed E-state index contributed by atoms with van der Waals surface area (Å²) in [5.74, 6) is -0.884. The summed E-state index contributed by atoms with van der Waals surface area (Å²) in [4.78, 5) is 57.3. The van der Waals surface area contributed by atoms with Crippen LogP contribution in [0.15, 0.2) is 54.6 Å². The molecule has 3 rings (SSSR count). The van der Waals surface area contributed by atoms with Gasteiger partial charge in [-0.15, -0.1) is 0 Å². The van der Waals surface area contributed by atoms with E-state index in [-0.39, 0.29) is 54.7 Å². The number of likely N-dealkylation sites (N-methyl/N-ethyl adjacent to an activating group) is 1. The van der Waals surface area contributed by atoms with Crippen LogP contribution < -0.4 is 20.7 Å². The van der Waals surface area contributed by atoms with E-state index in [1.807, 2.05) is 63.2 Å². The Hall–Kier alpha value is -3.92. The number of rotatable bonds is 9. The summed E-state index contributed by atoms with van der Waals surface area (Å²) in [7, 11) is 5.64. The molecule has 10 heteroatoms. The van der Waals surface area contributed by atoms with Crippen LogP contribution in [0.2, 0.25) is 0 Å². The second-order valence-corrected chi connectivity index (χ2v) is 11.9. The number of ether oxygens (including phenoxy) is 1. The number of nitrogens with zero attached hydrogens (tertiary/aromatic N) is 2. The Morgan fingerprint density at radius 2 is 1.74 bits per heavy atom. The van der Waals surface area contributed by atoms with Gasteiger partial charge in [0, 0.05) is 20.0 Å². The average Bonchev–Trinajstić information content (AvgIpc) is 2.98. The number of hydrogen-bond acceptors (Lipinski definition) is 6. The number of carbonyl (C=O) groups is 4. The van der Waals surface area contributed by atoms with E-state index in [9.17, 15) is 19.2 Å². The fraction of sp³-hybridized carbons (Fsp3) is 0.515. The minimum Gasteiger partial charge on any atom is -0.491 e. The van der Waals surface area contributed by atoms with Crippen molar-refractivity contribution in [3.05, 3.63) is 65.7 Å². The van der Waals surface area contributed by atoms with Crippen LogP contribution in [0.5, 0.6) is 5.75 Å². The first-order valence-corrected chi connectivity index (χ1v) is 15.1. The summed E-state index contributed by atoms with van der Waals surface area (Å²) in [6.45, 7) is 5.37. The highest BCUT2D eigenvalue weighted by molar-refractivity contribution is 5.99. The van der Waals surface area contributed by atoms with Crippen molar-refractivity contribution in [2.75, 3.05) is 40.8 Å². The minimum atomic E-state index is -0.941. The molecule has 1 heterocycles. The van der Waals surface area contributed by atoms with Crippen molar-refractivity contribution in [1.82, 2.24) is 25.8 Å². The fourth-order valence-corrected chi connectivity index (χ4v) is 5.06. The molecule has 0 aliphatic carbocycles. The van der Waals surface area contributed by atoms with E-state index in [0.29, 0.717) is 25.1 Å². The number of fused-ring (bicyclic) bond motifs is 1. The largest absolute Gasteiger partial charge is 0.491 e. The molecule has 2 aromatic rings. The molecule has 0 saturated carbocycles. The van der Waals surface area contributed by atoms with Gasteiger partial charge in [-0.2, -0.15) is 0 Å². The Morgan fingerprint density at radius 3 is 2.44 bits per heavy atom. The van der Waals surface area contributed by atoms with Gasteiger partial charge in [0.15, 0.2) is 0 Å². The van der Waals surface area contributed by atoms with Crippen molar-refractivity contribution in [2.24, 2.45) is 5.92 Å². The number of hydrogen-bond donors (Lipinski definition) is 3. The van der Waals surface area contributed by atoms with Crippen LogP contribution in [0, 0.1) is 5.92 Å². The van der Waals surface area contributed by atoms with Crippen molar-refractivity contribution >= 4 is 23.6 Å². The maximum Gasteiger partial charge on any atom is 0.255 e. The van der Waals surface area contributed by atoms with E-state index in [1.54, 1.807) is 36.2 Å². The Balaban J connectivity index is 1.93. The predicted molar refractivity (Wildman–Crippen MR) is 167 cm³/mol. The molecule has 4 amide bonds. The lowest BCUT2D eigenvalue weighted by Crippen LogP contribution is -2.53. The average molecular weight is 594 g/mol. The highest BCUT2D eigenvalue weighted by Gasteiger charge is 2.31. The molecule has 0 radical (unpaired) electrons. The van der Waals surface area contributed by atoms with E-state index in [2.05, 4.69) is 16.0 Å². The highest BCUT2D eigenvalue weighted by Crippen LogP contribution is 2.21. The Labute approximate surface area is 255 Å². The van der Waals surface area contributed by atoms with Gasteiger partial charge in [0.05, 0.1) is 11.6 Å². The van der Waals surface area contributed by atoms with E-state index in [1.165, 1.54) is 0 Å². The topological polar surface area (TPSA) is 120 Å². The van der Waals surface area contributed by atoms with Crippen molar-refractivity contribution in [3.63, 3.8) is 0 Å². The standard InChI is InChI=1S/C33H47N5O5/c1-23(2)20-28-33(42)38(5)25(21-24-12-7-6-8-13-24)22-43-29-15-10-9-14-26(29)31(40)36-27(16-17-30(39)35-28)32(41)34-18-11-19-37(3)4/h6-10,12-15,23,25,27-28H,11,16-22H2,1-5H3,(H,34,41)(H,35,39)(H,36,40)/t25-,27+,28+/m1/s1. The van der Waals surface area contributed by atoms with Gasteiger partial charge in [-0.3, -0.25) is 19.2 Å². The van der Waals surface area contributed by atoms with Crippen LogP contribution in [0.4, 0.5) is 0 Å². The summed E-state index contributed by atoms with van der Waals surface area (Å²) in [6, 6.07) is 14.6. The zero-order valence-electron chi connectivity index (χ0n) is 26.1. The van der Waals surface area contributed by atoms with Crippen molar-refractivity contribution in [3.8, 4) is 5.75 Å². The third kappa shape index (κ3) is 10.7. The molecule has 0 bridgehead atoms. The Morgan fingerprint density at radius 1 is 1.05 bits per heavy atom. The number of benzene rings is 2. The fourth-order valence-electron chi connectivity index (χ4n) is 5.06. The maximum absolute atomic E-state index is 13.9. The third-order valence-electron chi connectivity index (χ3n) is 7.48. The number of amides is 4.